The van der Waals surface area contributed by atoms with Gasteiger partial charge < -0.3 is 15.4 Å². The quantitative estimate of drug-likeness (QED) is 0.335. The number of nitrogens with one attached hydrogen (secondary N) is 2. The number of rotatable bonds is 5. The summed E-state index contributed by atoms with van der Waals surface area (Å²) in [6.07, 6.45) is 3.35. The summed E-state index contributed by atoms with van der Waals surface area (Å²) in [5, 5.41) is 10.0. The number of amides is 2. The molecule has 6 heteroatoms. The summed E-state index contributed by atoms with van der Waals surface area (Å²) in [6, 6.07) is 18.8. The summed E-state index contributed by atoms with van der Waals surface area (Å²) < 4.78 is 5.77. The summed E-state index contributed by atoms with van der Waals surface area (Å²) in [5.74, 6) is 1.39. The third kappa shape index (κ3) is 5.34. The largest absolute Gasteiger partial charge is 0.457 e. The Bertz CT molecular complexity index is 1180. The topological polar surface area (TPSA) is 63.2 Å². The molecule has 0 saturated heterocycles. The molecule has 0 aliphatic heterocycles. The molecule has 4 rings (SSSR count). The first-order valence-electron chi connectivity index (χ1n) is 10.3. The minimum atomic E-state index is -0.296. The van der Waals surface area contributed by atoms with Gasteiger partial charge >= 0.3 is 6.03 Å². The molecule has 5 nitrogen and oxygen atoms in total. The average Bonchev–Trinajstić information content (AvgIpc) is 3.30. The molecular formula is C26H25N3O2S. The molecule has 2 amide bonds. The van der Waals surface area contributed by atoms with Gasteiger partial charge in [0.1, 0.15) is 11.5 Å². The van der Waals surface area contributed by atoms with E-state index in [0.717, 1.165) is 22.4 Å². The van der Waals surface area contributed by atoms with Gasteiger partial charge in [-0.25, -0.2) is 4.79 Å². The first-order valence-corrected chi connectivity index (χ1v) is 11.3. The predicted octanol–water partition coefficient (Wildman–Crippen LogP) is 7.54. The highest BCUT2D eigenvalue weighted by atomic mass is 32.1. The first-order chi connectivity index (χ1) is 15.4. The lowest BCUT2D eigenvalue weighted by molar-refractivity contribution is 0.262. The van der Waals surface area contributed by atoms with Crippen LogP contribution in [0.2, 0.25) is 0 Å². The molecule has 2 N–H and O–H groups in total. The number of benzene rings is 2. The van der Waals surface area contributed by atoms with Crippen LogP contribution in [0.5, 0.6) is 11.5 Å². The lowest BCUT2D eigenvalue weighted by atomic mass is 9.85. The van der Waals surface area contributed by atoms with E-state index in [9.17, 15) is 4.79 Å². The Morgan fingerprint density at radius 2 is 1.62 bits per heavy atom. The van der Waals surface area contributed by atoms with E-state index in [0.29, 0.717) is 17.2 Å². The predicted molar refractivity (Wildman–Crippen MR) is 132 cm³/mol. The molecule has 32 heavy (non-hydrogen) atoms. The maximum absolute atomic E-state index is 12.8. The Balaban J connectivity index is 1.49. The van der Waals surface area contributed by atoms with Crippen molar-refractivity contribution < 1.29 is 9.53 Å². The number of ether oxygens (including phenoxy) is 1. The van der Waals surface area contributed by atoms with Crippen LogP contribution in [-0.2, 0) is 5.41 Å². The van der Waals surface area contributed by atoms with Crippen LogP contribution in [0.4, 0.5) is 16.2 Å². The fraction of sp³-hybridized carbons (Fsp3) is 0.154. The summed E-state index contributed by atoms with van der Waals surface area (Å²) in [5.41, 5.74) is 4.67. The molecule has 0 unspecified atom stereocenters. The third-order valence-electron chi connectivity index (χ3n) is 4.96. The van der Waals surface area contributed by atoms with Crippen LogP contribution in [0.1, 0.15) is 26.3 Å². The second-order valence-electron chi connectivity index (χ2n) is 8.41. The molecule has 0 aliphatic rings. The van der Waals surface area contributed by atoms with Crippen molar-refractivity contribution >= 4 is 28.7 Å². The number of aromatic nitrogens is 1. The SMILES string of the molecule is CC(C)(C)c1ccc(-c2ccsc2)c(NC(=O)Nc2ccc(Oc3ccncc3)cc2)c1. The lowest BCUT2D eigenvalue weighted by Crippen LogP contribution is -2.20. The van der Waals surface area contributed by atoms with E-state index >= 15 is 0 Å². The van der Waals surface area contributed by atoms with E-state index in [2.05, 4.69) is 66.0 Å². The summed E-state index contributed by atoms with van der Waals surface area (Å²) in [4.78, 5) is 16.8. The number of anilines is 2. The van der Waals surface area contributed by atoms with Crippen LogP contribution in [0.3, 0.4) is 0 Å². The fourth-order valence-corrected chi connectivity index (χ4v) is 3.87. The number of carbonyl (C=O) groups is 1. The Morgan fingerprint density at radius 1 is 0.906 bits per heavy atom. The Hall–Kier alpha value is -3.64. The van der Waals surface area contributed by atoms with Gasteiger partial charge in [0.25, 0.3) is 0 Å². The fourth-order valence-electron chi connectivity index (χ4n) is 3.22. The summed E-state index contributed by atoms with van der Waals surface area (Å²) in [6.45, 7) is 6.48. The van der Waals surface area contributed by atoms with Crippen LogP contribution in [0.25, 0.3) is 11.1 Å². The average molecular weight is 444 g/mol. The minimum Gasteiger partial charge on any atom is -0.457 e. The maximum Gasteiger partial charge on any atom is 0.323 e. The molecule has 2 aromatic heterocycles. The van der Waals surface area contributed by atoms with Gasteiger partial charge in [-0.05, 0) is 75.8 Å². The summed E-state index contributed by atoms with van der Waals surface area (Å²) in [7, 11) is 0. The van der Waals surface area contributed by atoms with Crippen LogP contribution >= 0.6 is 11.3 Å². The van der Waals surface area contributed by atoms with Crippen molar-refractivity contribution in [3.05, 3.63) is 89.4 Å². The Morgan fingerprint density at radius 3 is 2.28 bits per heavy atom. The van der Waals surface area contributed by atoms with Crippen molar-refractivity contribution in [2.45, 2.75) is 26.2 Å². The third-order valence-corrected chi connectivity index (χ3v) is 5.65. The molecule has 0 fully saturated rings. The molecule has 0 aliphatic carbocycles. The van der Waals surface area contributed by atoms with Crippen molar-refractivity contribution in [3.8, 4) is 22.6 Å². The van der Waals surface area contributed by atoms with Gasteiger partial charge in [0.15, 0.2) is 0 Å². The molecule has 2 aromatic carbocycles. The van der Waals surface area contributed by atoms with E-state index in [1.165, 1.54) is 0 Å². The van der Waals surface area contributed by atoms with Crippen LogP contribution < -0.4 is 15.4 Å². The number of nitrogens with zero attached hydrogens (tertiary/aromatic N) is 1. The van der Waals surface area contributed by atoms with E-state index < -0.39 is 0 Å². The van der Waals surface area contributed by atoms with Crippen LogP contribution in [-0.4, -0.2) is 11.0 Å². The number of hydrogen-bond acceptors (Lipinski definition) is 4. The second kappa shape index (κ2) is 9.24. The molecule has 0 saturated carbocycles. The number of thiophene rings is 1. The molecule has 0 atom stereocenters. The first kappa shape index (κ1) is 21.6. The zero-order valence-electron chi connectivity index (χ0n) is 18.3. The van der Waals surface area contributed by atoms with E-state index in [4.69, 9.17) is 4.74 Å². The van der Waals surface area contributed by atoms with Gasteiger partial charge in [-0.3, -0.25) is 4.98 Å². The van der Waals surface area contributed by atoms with E-state index in [1.54, 1.807) is 35.9 Å². The molecular weight excluding hydrogens is 418 g/mol. The monoisotopic (exact) mass is 443 g/mol. The highest BCUT2D eigenvalue weighted by Crippen LogP contribution is 2.34. The smallest absolute Gasteiger partial charge is 0.323 e. The number of urea groups is 1. The molecule has 2 heterocycles. The van der Waals surface area contributed by atoms with Gasteiger partial charge in [0, 0.05) is 23.6 Å². The van der Waals surface area contributed by atoms with E-state index in [1.807, 2.05) is 29.6 Å². The van der Waals surface area contributed by atoms with Crippen molar-refractivity contribution in [1.82, 2.24) is 4.98 Å². The van der Waals surface area contributed by atoms with Crippen LogP contribution in [0.15, 0.2) is 83.8 Å². The zero-order valence-corrected chi connectivity index (χ0v) is 19.1. The Kier molecular flexibility index (Phi) is 6.23. The van der Waals surface area contributed by atoms with Gasteiger partial charge in [-0.2, -0.15) is 11.3 Å². The molecule has 0 bridgehead atoms. The number of hydrogen-bond donors (Lipinski definition) is 2. The normalized spacial score (nSPS) is 11.1. The van der Waals surface area contributed by atoms with E-state index in [-0.39, 0.29) is 11.4 Å². The number of pyridine rings is 1. The van der Waals surface area contributed by atoms with Crippen molar-refractivity contribution in [2.24, 2.45) is 0 Å². The number of carbonyl (C=O) groups excluding carboxylic acids is 1. The van der Waals surface area contributed by atoms with Crippen LogP contribution in [0, 0.1) is 0 Å². The van der Waals surface area contributed by atoms with Gasteiger partial charge in [0.2, 0.25) is 0 Å². The van der Waals surface area contributed by atoms with Gasteiger partial charge in [-0.1, -0.05) is 32.9 Å². The maximum atomic E-state index is 12.8. The highest BCUT2D eigenvalue weighted by molar-refractivity contribution is 7.08. The van der Waals surface area contributed by atoms with Crippen molar-refractivity contribution in [2.75, 3.05) is 10.6 Å². The standard InChI is InChI=1S/C26H25N3O2S/c1-26(2,3)19-4-9-23(18-12-15-32-17-18)24(16-19)29-25(30)28-20-5-7-21(8-6-20)31-22-10-13-27-14-11-22/h4-17H,1-3H3,(H2,28,29,30). The Labute approximate surface area is 192 Å². The molecule has 0 spiro atoms. The molecule has 4 aromatic rings. The second-order valence-corrected chi connectivity index (χ2v) is 9.19. The zero-order chi connectivity index (χ0) is 22.6. The van der Waals surface area contributed by atoms with Crippen molar-refractivity contribution in [1.29, 1.82) is 0 Å². The van der Waals surface area contributed by atoms with Crippen molar-refractivity contribution in [3.63, 3.8) is 0 Å². The van der Waals surface area contributed by atoms with Gasteiger partial charge in [0.05, 0.1) is 5.69 Å². The highest BCUT2D eigenvalue weighted by Gasteiger charge is 2.17. The van der Waals surface area contributed by atoms with Gasteiger partial charge in [-0.15, -0.1) is 0 Å². The summed E-state index contributed by atoms with van der Waals surface area (Å²) >= 11 is 1.63. The molecule has 162 valence electrons. The lowest BCUT2D eigenvalue weighted by Gasteiger charge is -2.21. The minimum absolute atomic E-state index is 0.0231. The molecule has 0 radical (unpaired) electrons.